The number of hydrogen-bond acceptors (Lipinski definition) is 5. The van der Waals surface area contributed by atoms with Crippen LogP contribution in [0.25, 0.3) is 22.4 Å². The van der Waals surface area contributed by atoms with Gasteiger partial charge in [0.2, 0.25) is 0 Å². The Bertz CT molecular complexity index is 963. The van der Waals surface area contributed by atoms with Gasteiger partial charge in [-0.3, -0.25) is 4.98 Å². The molecule has 0 atom stereocenters. The molecule has 2 aromatic heterocycles. The summed E-state index contributed by atoms with van der Waals surface area (Å²) in [5.74, 6) is 1.12. The van der Waals surface area contributed by atoms with E-state index in [-0.39, 0.29) is 18.2 Å². The fourth-order valence-corrected chi connectivity index (χ4v) is 3.75. The van der Waals surface area contributed by atoms with Gasteiger partial charge in [-0.25, -0.2) is 4.39 Å². The summed E-state index contributed by atoms with van der Waals surface area (Å²) in [4.78, 5) is 9.26. The van der Waals surface area contributed by atoms with Gasteiger partial charge in [-0.2, -0.15) is 4.98 Å². The summed E-state index contributed by atoms with van der Waals surface area (Å²) in [6.07, 6.45) is 6.17. The van der Waals surface area contributed by atoms with E-state index in [0.717, 1.165) is 55.3 Å². The highest BCUT2D eigenvalue weighted by molar-refractivity contribution is 5.92. The summed E-state index contributed by atoms with van der Waals surface area (Å²) in [6, 6.07) is 6.59. The number of aromatic nitrogens is 3. The lowest BCUT2D eigenvalue weighted by atomic mass is 9.98. The second-order valence-corrected chi connectivity index (χ2v) is 7.32. The van der Waals surface area contributed by atoms with E-state index in [1.54, 1.807) is 6.07 Å². The van der Waals surface area contributed by atoms with Gasteiger partial charge >= 0.3 is 0 Å². The first-order chi connectivity index (χ1) is 12.1. The molecule has 5 nitrogen and oxygen atoms in total. The maximum absolute atomic E-state index is 13.8. The number of fused-ring (bicyclic) bond motifs is 1. The van der Waals surface area contributed by atoms with Gasteiger partial charge in [0, 0.05) is 17.0 Å². The molecule has 2 saturated carbocycles. The number of nitrogens with two attached hydrogens (primary N) is 1. The third-order valence-corrected chi connectivity index (χ3v) is 5.38. The topological polar surface area (TPSA) is 77.8 Å². The van der Waals surface area contributed by atoms with Crippen LogP contribution in [0.3, 0.4) is 0 Å². The second kappa shape index (κ2) is 6.28. The molecule has 0 spiro atoms. The lowest BCUT2D eigenvalue weighted by molar-refractivity contribution is 0.373. The van der Waals surface area contributed by atoms with E-state index >= 15 is 0 Å². The minimum absolute atomic E-state index is 0. The van der Waals surface area contributed by atoms with E-state index in [9.17, 15) is 4.39 Å². The average molecular weight is 375 g/mol. The maximum Gasteiger partial charge on any atom is 0.258 e. The van der Waals surface area contributed by atoms with E-state index in [2.05, 4.69) is 15.1 Å². The summed E-state index contributed by atoms with van der Waals surface area (Å²) >= 11 is 0. The zero-order chi connectivity index (χ0) is 17.0. The molecule has 0 saturated heterocycles. The van der Waals surface area contributed by atoms with Crippen LogP contribution in [0.15, 0.2) is 28.8 Å². The Labute approximate surface area is 156 Å². The molecule has 2 aliphatic carbocycles. The predicted octanol–water partition coefficient (Wildman–Crippen LogP) is 4.45. The number of nitrogens with zero attached hydrogens (tertiary/aromatic N) is 3. The Balaban J connectivity index is 0.00000168. The predicted molar refractivity (Wildman–Crippen MR) is 98.5 cm³/mol. The molecular formula is C19H20ClFN4O. The van der Waals surface area contributed by atoms with Crippen molar-refractivity contribution >= 4 is 23.3 Å². The first kappa shape index (κ1) is 17.4. The smallest absolute Gasteiger partial charge is 0.258 e. The van der Waals surface area contributed by atoms with Crippen molar-refractivity contribution in [2.45, 2.75) is 50.0 Å². The first-order valence-corrected chi connectivity index (χ1v) is 8.86. The normalized spacial score (nSPS) is 18.8. The summed E-state index contributed by atoms with van der Waals surface area (Å²) in [5.41, 5.74) is 8.44. The quantitative estimate of drug-likeness (QED) is 0.732. The summed E-state index contributed by atoms with van der Waals surface area (Å²) in [5, 5.41) is 4.83. The van der Waals surface area contributed by atoms with Gasteiger partial charge in [-0.15, -0.1) is 12.4 Å². The lowest BCUT2D eigenvalue weighted by Gasteiger charge is -2.17. The molecule has 2 fully saturated rings. The van der Waals surface area contributed by atoms with Crippen molar-refractivity contribution in [1.82, 2.24) is 15.1 Å². The van der Waals surface area contributed by atoms with Crippen molar-refractivity contribution in [3.63, 3.8) is 0 Å². The largest absolute Gasteiger partial charge is 0.334 e. The molecule has 26 heavy (non-hydrogen) atoms. The number of benzene rings is 1. The Hall–Kier alpha value is -2.05. The highest BCUT2D eigenvalue weighted by Gasteiger charge is 2.36. The van der Waals surface area contributed by atoms with Gasteiger partial charge in [-0.05, 0) is 49.9 Å². The van der Waals surface area contributed by atoms with Crippen molar-refractivity contribution in [2.75, 3.05) is 0 Å². The molecule has 0 aliphatic heterocycles. The fraction of sp³-hybridized carbons (Fsp3) is 0.421. The van der Waals surface area contributed by atoms with E-state index in [1.165, 1.54) is 12.1 Å². The molecule has 2 aliphatic rings. The van der Waals surface area contributed by atoms with Gasteiger partial charge in [0.1, 0.15) is 5.82 Å². The summed E-state index contributed by atoms with van der Waals surface area (Å²) < 4.78 is 19.3. The molecule has 0 bridgehead atoms. The number of pyridine rings is 1. The van der Waals surface area contributed by atoms with Gasteiger partial charge < -0.3 is 10.3 Å². The molecule has 5 rings (SSSR count). The summed E-state index contributed by atoms with van der Waals surface area (Å²) in [7, 11) is 0. The number of hydrogen-bond donors (Lipinski definition) is 1. The van der Waals surface area contributed by atoms with Crippen molar-refractivity contribution in [3.8, 4) is 11.5 Å². The van der Waals surface area contributed by atoms with E-state index in [1.807, 2.05) is 6.07 Å². The molecule has 2 N–H and O–H groups in total. The standard InChI is InChI=1S/C19H19FN4O.ClH/c20-12-5-6-15-13(9-12)14(10-16(22-15)11-3-4-11)17-23-18(24-25-17)19(21)7-1-2-8-19;/h5-6,9-11H,1-4,7-8,21H2;1H. The van der Waals surface area contributed by atoms with Crippen LogP contribution >= 0.6 is 12.4 Å². The van der Waals surface area contributed by atoms with Crippen LogP contribution in [0.5, 0.6) is 0 Å². The number of rotatable bonds is 3. The Morgan fingerprint density at radius 2 is 1.88 bits per heavy atom. The zero-order valence-corrected chi connectivity index (χ0v) is 15.1. The first-order valence-electron chi connectivity index (χ1n) is 8.86. The molecule has 136 valence electrons. The molecule has 0 unspecified atom stereocenters. The molecule has 0 amide bonds. The van der Waals surface area contributed by atoms with Gasteiger partial charge in [0.05, 0.1) is 16.6 Å². The molecule has 2 heterocycles. The van der Waals surface area contributed by atoms with E-state index < -0.39 is 5.54 Å². The third-order valence-electron chi connectivity index (χ3n) is 5.38. The average Bonchev–Trinajstić information content (AvgIpc) is 3.16. The monoisotopic (exact) mass is 374 g/mol. The molecule has 1 aromatic carbocycles. The Kier molecular flexibility index (Phi) is 4.20. The zero-order valence-electron chi connectivity index (χ0n) is 14.2. The van der Waals surface area contributed by atoms with E-state index in [0.29, 0.717) is 23.0 Å². The van der Waals surface area contributed by atoms with Crippen LogP contribution in [0.1, 0.15) is 56.0 Å². The summed E-state index contributed by atoms with van der Waals surface area (Å²) in [6.45, 7) is 0. The van der Waals surface area contributed by atoms with Crippen LogP contribution in [0, 0.1) is 5.82 Å². The second-order valence-electron chi connectivity index (χ2n) is 7.32. The van der Waals surface area contributed by atoms with Crippen molar-refractivity contribution < 1.29 is 8.91 Å². The van der Waals surface area contributed by atoms with Crippen molar-refractivity contribution in [2.24, 2.45) is 5.73 Å². The van der Waals surface area contributed by atoms with Crippen LogP contribution < -0.4 is 5.73 Å². The van der Waals surface area contributed by atoms with Crippen LogP contribution in [-0.2, 0) is 5.54 Å². The SMILES string of the molecule is Cl.NC1(c2noc(-c3cc(C4CC4)nc4ccc(F)cc34)n2)CCCC1. The van der Waals surface area contributed by atoms with Crippen LogP contribution in [-0.4, -0.2) is 15.1 Å². The van der Waals surface area contributed by atoms with Crippen LogP contribution in [0.4, 0.5) is 4.39 Å². The van der Waals surface area contributed by atoms with E-state index in [4.69, 9.17) is 10.3 Å². The Morgan fingerprint density at radius 3 is 2.62 bits per heavy atom. The fourth-order valence-electron chi connectivity index (χ4n) is 3.75. The molecule has 3 aromatic rings. The van der Waals surface area contributed by atoms with Gasteiger partial charge in [0.25, 0.3) is 5.89 Å². The lowest BCUT2D eigenvalue weighted by Crippen LogP contribution is -2.34. The molecular weight excluding hydrogens is 355 g/mol. The minimum atomic E-state index is -0.505. The van der Waals surface area contributed by atoms with Gasteiger partial charge in [0.15, 0.2) is 5.82 Å². The highest BCUT2D eigenvalue weighted by Crippen LogP contribution is 2.42. The molecule has 0 radical (unpaired) electrons. The highest BCUT2D eigenvalue weighted by atomic mass is 35.5. The maximum atomic E-state index is 13.8. The third kappa shape index (κ3) is 2.87. The van der Waals surface area contributed by atoms with Gasteiger partial charge in [-0.1, -0.05) is 18.0 Å². The molecule has 7 heteroatoms. The van der Waals surface area contributed by atoms with Crippen molar-refractivity contribution in [1.29, 1.82) is 0 Å². The minimum Gasteiger partial charge on any atom is -0.334 e. The number of halogens is 2. The van der Waals surface area contributed by atoms with Crippen molar-refractivity contribution in [3.05, 3.63) is 41.6 Å². The Morgan fingerprint density at radius 1 is 1.12 bits per heavy atom. The van der Waals surface area contributed by atoms with Crippen LogP contribution in [0.2, 0.25) is 0 Å².